The predicted octanol–water partition coefficient (Wildman–Crippen LogP) is 4.06. The number of anilines is 2. The van der Waals surface area contributed by atoms with E-state index < -0.39 is 22.4 Å². The number of rotatable bonds is 5. The summed E-state index contributed by atoms with van der Waals surface area (Å²) in [6.45, 7) is 3.84. The van der Waals surface area contributed by atoms with E-state index in [-0.39, 0.29) is 30.6 Å². The van der Waals surface area contributed by atoms with Gasteiger partial charge in [-0.25, -0.2) is 0 Å². The van der Waals surface area contributed by atoms with Crippen molar-refractivity contribution < 1.29 is 19.3 Å². The number of nitrogens with zero attached hydrogens (tertiary/aromatic N) is 4. The van der Waals surface area contributed by atoms with E-state index in [9.17, 15) is 24.5 Å². The molecule has 3 amide bonds. The second-order valence-corrected chi connectivity index (χ2v) is 10.4. The fraction of sp³-hybridized carbons (Fsp3) is 0.233. The van der Waals surface area contributed by atoms with Gasteiger partial charge in [-0.05, 0) is 43.0 Å². The van der Waals surface area contributed by atoms with E-state index in [0.717, 1.165) is 0 Å². The number of nitro benzene ring substituents is 1. The third kappa shape index (κ3) is 3.87. The van der Waals surface area contributed by atoms with Gasteiger partial charge in [0.05, 0.1) is 28.8 Å². The minimum Gasteiger partial charge on any atom is -0.308 e. The van der Waals surface area contributed by atoms with Crippen molar-refractivity contribution in [2.24, 2.45) is 11.7 Å². The lowest BCUT2D eigenvalue weighted by Crippen LogP contribution is -2.63. The number of nitro groups is 1. The second-order valence-electron chi connectivity index (χ2n) is 10.4. The maximum Gasteiger partial charge on any atom is 0.269 e. The maximum atomic E-state index is 14.2. The van der Waals surface area contributed by atoms with Crippen LogP contribution in [0.1, 0.15) is 40.7 Å². The fourth-order valence-electron chi connectivity index (χ4n) is 6.22. The van der Waals surface area contributed by atoms with E-state index in [1.54, 1.807) is 59.5 Å². The predicted molar refractivity (Wildman–Crippen MR) is 149 cm³/mol. The molecule has 202 valence electrons. The zero-order chi connectivity index (χ0) is 28.2. The molecule has 1 saturated carbocycles. The van der Waals surface area contributed by atoms with Gasteiger partial charge in [0.2, 0.25) is 11.8 Å². The summed E-state index contributed by atoms with van der Waals surface area (Å²) >= 11 is 0. The van der Waals surface area contributed by atoms with Gasteiger partial charge in [0, 0.05) is 29.0 Å². The number of nitrogens with two attached hydrogens (primary N) is 1. The number of fused-ring (bicyclic) bond motifs is 3. The number of hydrogen-bond donors (Lipinski definition) is 1. The summed E-state index contributed by atoms with van der Waals surface area (Å²) < 4.78 is 0. The van der Waals surface area contributed by atoms with E-state index >= 15 is 0 Å². The molecule has 3 aromatic carbocycles. The highest BCUT2D eigenvalue weighted by Crippen LogP contribution is 2.47. The van der Waals surface area contributed by atoms with Crippen LogP contribution in [0.15, 0.2) is 79.4 Å². The van der Waals surface area contributed by atoms with E-state index in [2.05, 4.69) is 6.58 Å². The SMILES string of the molecule is C=C1c2ccccc2C(=O)N1CC(=O)N1c2ccccc2N(Cc2cccc([N+](=O)[O-])c2)C(=O)C2CCCC21N. The lowest BCUT2D eigenvalue weighted by atomic mass is 9.93. The highest BCUT2D eigenvalue weighted by molar-refractivity contribution is 6.13. The standard InChI is InChI=1S/C30H27N5O5/c1-19-22-10-2-3-11-23(22)28(37)32(19)18-27(36)34-26-14-5-4-13-25(26)33(29(38)24-12-7-15-30(24,34)31)17-20-8-6-9-21(16-20)35(39)40/h2-6,8-11,13-14,16,24H,1,7,12,15,17-18,31H2. The molecule has 0 spiro atoms. The number of carbonyl (C=O) groups is 3. The Morgan fingerprint density at radius 2 is 1.70 bits per heavy atom. The van der Waals surface area contributed by atoms with Crippen molar-refractivity contribution in [3.8, 4) is 0 Å². The Bertz CT molecular complexity index is 1570. The molecule has 2 unspecified atom stereocenters. The molecule has 3 aromatic rings. The molecule has 40 heavy (non-hydrogen) atoms. The summed E-state index contributed by atoms with van der Waals surface area (Å²) in [6, 6.07) is 20.2. The Morgan fingerprint density at radius 1 is 1.00 bits per heavy atom. The number of para-hydroxylation sites is 2. The first-order valence-electron chi connectivity index (χ1n) is 13.1. The molecule has 0 aromatic heterocycles. The quantitative estimate of drug-likeness (QED) is 0.386. The van der Waals surface area contributed by atoms with Crippen molar-refractivity contribution in [2.75, 3.05) is 16.3 Å². The first-order valence-corrected chi connectivity index (χ1v) is 13.1. The molecule has 10 nitrogen and oxygen atoms in total. The van der Waals surface area contributed by atoms with Crippen LogP contribution in [0.5, 0.6) is 0 Å². The summed E-state index contributed by atoms with van der Waals surface area (Å²) in [6.07, 6.45) is 1.53. The Balaban J connectivity index is 1.40. The summed E-state index contributed by atoms with van der Waals surface area (Å²) in [5.41, 5.74) is 8.73. The number of amides is 3. The Labute approximate surface area is 230 Å². The van der Waals surface area contributed by atoms with Crippen LogP contribution in [0.3, 0.4) is 0 Å². The molecule has 1 aliphatic carbocycles. The number of carbonyl (C=O) groups excluding carboxylic acids is 3. The van der Waals surface area contributed by atoms with Crippen LogP contribution in [-0.2, 0) is 16.1 Å². The van der Waals surface area contributed by atoms with Crippen LogP contribution in [0, 0.1) is 16.0 Å². The third-order valence-electron chi connectivity index (χ3n) is 8.11. The number of hydrogen-bond acceptors (Lipinski definition) is 6. The molecule has 2 N–H and O–H groups in total. The lowest BCUT2D eigenvalue weighted by molar-refractivity contribution is -0.384. The molecule has 10 heteroatoms. The molecule has 2 heterocycles. The van der Waals surface area contributed by atoms with Crippen LogP contribution in [0.2, 0.25) is 0 Å². The highest BCUT2D eigenvalue weighted by atomic mass is 16.6. The van der Waals surface area contributed by atoms with Crippen LogP contribution >= 0.6 is 0 Å². The third-order valence-corrected chi connectivity index (χ3v) is 8.11. The summed E-state index contributed by atoms with van der Waals surface area (Å²) in [4.78, 5) is 56.7. The first-order chi connectivity index (χ1) is 19.2. The molecule has 2 aliphatic heterocycles. The molecule has 3 aliphatic rings. The van der Waals surface area contributed by atoms with Crippen molar-refractivity contribution in [3.63, 3.8) is 0 Å². The number of non-ortho nitro benzene ring substituents is 1. The first kappa shape index (κ1) is 25.4. The molecular weight excluding hydrogens is 510 g/mol. The van der Waals surface area contributed by atoms with Gasteiger partial charge < -0.3 is 10.6 Å². The van der Waals surface area contributed by atoms with Gasteiger partial charge in [0.25, 0.3) is 11.6 Å². The van der Waals surface area contributed by atoms with Crippen molar-refractivity contribution >= 4 is 40.5 Å². The largest absolute Gasteiger partial charge is 0.308 e. The van der Waals surface area contributed by atoms with Crippen molar-refractivity contribution in [1.82, 2.24) is 4.90 Å². The van der Waals surface area contributed by atoms with Crippen LogP contribution in [-0.4, -0.2) is 39.8 Å². The maximum absolute atomic E-state index is 14.2. The second kappa shape index (κ2) is 9.42. The van der Waals surface area contributed by atoms with Crippen LogP contribution < -0.4 is 15.5 Å². The van der Waals surface area contributed by atoms with E-state index in [1.165, 1.54) is 21.9 Å². The van der Waals surface area contributed by atoms with Crippen LogP contribution in [0.25, 0.3) is 5.70 Å². The minimum absolute atomic E-state index is 0.0723. The highest BCUT2D eigenvalue weighted by Gasteiger charge is 2.54. The molecular formula is C30H27N5O5. The Morgan fingerprint density at radius 3 is 2.42 bits per heavy atom. The van der Waals surface area contributed by atoms with E-state index in [0.29, 0.717) is 53.0 Å². The molecule has 6 rings (SSSR count). The topological polar surface area (TPSA) is 130 Å². The summed E-state index contributed by atoms with van der Waals surface area (Å²) in [7, 11) is 0. The summed E-state index contributed by atoms with van der Waals surface area (Å²) in [5.74, 6) is -1.68. The van der Waals surface area contributed by atoms with Crippen molar-refractivity contribution in [1.29, 1.82) is 0 Å². The van der Waals surface area contributed by atoms with Gasteiger partial charge in [-0.1, -0.05) is 49.0 Å². The summed E-state index contributed by atoms with van der Waals surface area (Å²) in [5, 5.41) is 11.4. The van der Waals surface area contributed by atoms with Crippen LogP contribution in [0.4, 0.5) is 17.1 Å². The molecule has 1 fully saturated rings. The fourth-order valence-corrected chi connectivity index (χ4v) is 6.22. The molecule has 0 radical (unpaired) electrons. The molecule has 0 saturated heterocycles. The lowest BCUT2D eigenvalue weighted by Gasteiger charge is -2.40. The van der Waals surface area contributed by atoms with Gasteiger partial charge in [0.1, 0.15) is 12.2 Å². The Hall–Kier alpha value is -4.83. The minimum atomic E-state index is -1.31. The average molecular weight is 538 g/mol. The molecule has 2 atom stereocenters. The normalized spacial score (nSPS) is 21.7. The van der Waals surface area contributed by atoms with Crippen molar-refractivity contribution in [3.05, 3.63) is 106 Å². The van der Waals surface area contributed by atoms with Gasteiger partial charge >= 0.3 is 0 Å². The van der Waals surface area contributed by atoms with Gasteiger partial charge in [-0.15, -0.1) is 0 Å². The Kier molecular flexibility index (Phi) is 5.99. The van der Waals surface area contributed by atoms with Gasteiger partial charge in [-0.2, -0.15) is 0 Å². The van der Waals surface area contributed by atoms with Gasteiger partial charge in [-0.3, -0.25) is 34.3 Å². The smallest absolute Gasteiger partial charge is 0.269 e. The van der Waals surface area contributed by atoms with E-state index in [4.69, 9.17) is 5.73 Å². The van der Waals surface area contributed by atoms with Crippen molar-refractivity contribution in [2.45, 2.75) is 31.5 Å². The van der Waals surface area contributed by atoms with E-state index in [1.807, 2.05) is 6.07 Å². The molecule has 0 bridgehead atoms. The zero-order valence-electron chi connectivity index (χ0n) is 21.7. The average Bonchev–Trinajstić information content (AvgIpc) is 3.43. The monoisotopic (exact) mass is 537 g/mol. The number of benzene rings is 3. The van der Waals surface area contributed by atoms with Gasteiger partial charge in [0.15, 0.2) is 0 Å². The zero-order valence-corrected chi connectivity index (χ0v) is 21.7.